The van der Waals surface area contributed by atoms with E-state index in [-0.39, 0.29) is 0 Å². The summed E-state index contributed by atoms with van der Waals surface area (Å²) in [4.78, 5) is 16.8. The summed E-state index contributed by atoms with van der Waals surface area (Å²) in [7, 11) is 0. The summed E-state index contributed by atoms with van der Waals surface area (Å²) < 4.78 is 12.4. The van der Waals surface area contributed by atoms with Gasteiger partial charge < -0.3 is 0 Å². The summed E-state index contributed by atoms with van der Waals surface area (Å²) in [6, 6.07) is 2.68. The Balaban J connectivity index is 2.47. The van der Waals surface area contributed by atoms with Crippen LogP contribution in [-0.4, -0.2) is 20.2 Å². The monoisotopic (exact) mass is 180 g/mol. The van der Waals surface area contributed by atoms with Crippen LogP contribution in [0.5, 0.6) is 0 Å². The first kappa shape index (κ1) is 7.66. The highest BCUT2D eigenvalue weighted by molar-refractivity contribution is 5.46. The Bertz CT molecular complexity index is 458. The zero-order valence-electron chi connectivity index (χ0n) is 6.41. The lowest BCUT2D eigenvalue weighted by Crippen LogP contribution is -2.00. The molecule has 0 atom stereocenters. The number of hydrogen-bond donors (Lipinski definition) is 2. The number of halogens is 1. The first-order chi connectivity index (χ1) is 6.25. The number of pyridine rings is 1. The molecule has 0 spiro atoms. The fourth-order valence-corrected chi connectivity index (χ4v) is 0.907. The maximum atomic E-state index is 12.4. The van der Waals surface area contributed by atoms with Crippen LogP contribution in [0, 0.1) is 5.82 Å². The van der Waals surface area contributed by atoms with Crippen molar-refractivity contribution < 1.29 is 4.39 Å². The van der Waals surface area contributed by atoms with Crippen molar-refractivity contribution in [2.75, 3.05) is 0 Å². The Kier molecular flexibility index (Phi) is 1.66. The van der Waals surface area contributed by atoms with E-state index in [0.29, 0.717) is 11.5 Å². The molecule has 0 saturated carbocycles. The number of aromatic nitrogens is 4. The van der Waals surface area contributed by atoms with Gasteiger partial charge in [0.1, 0.15) is 11.5 Å². The molecule has 2 heterocycles. The summed E-state index contributed by atoms with van der Waals surface area (Å²) in [6.45, 7) is 0. The number of rotatable bonds is 1. The topological polar surface area (TPSA) is 74.4 Å². The molecule has 0 radical (unpaired) electrons. The average Bonchev–Trinajstić information content (AvgIpc) is 2.53. The number of hydrogen-bond acceptors (Lipinski definition) is 3. The van der Waals surface area contributed by atoms with Gasteiger partial charge in [-0.15, -0.1) is 0 Å². The normalized spacial score (nSPS) is 10.2. The van der Waals surface area contributed by atoms with Gasteiger partial charge >= 0.3 is 5.69 Å². The van der Waals surface area contributed by atoms with E-state index < -0.39 is 11.5 Å². The molecule has 0 aromatic carbocycles. The van der Waals surface area contributed by atoms with Crippen LogP contribution < -0.4 is 5.69 Å². The van der Waals surface area contributed by atoms with Crippen molar-refractivity contribution >= 4 is 0 Å². The van der Waals surface area contributed by atoms with E-state index in [4.69, 9.17) is 0 Å². The first-order valence-corrected chi connectivity index (χ1v) is 3.52. The first-order valence-electron chi connectivity index (χ1n) is 3.52. The number of H-pyrrole nitrogens is 2. The number of nitrogens with one attached hydrogen (secondary N) is 2. The van der Waals surface area contributed by atoms with Crippen LogP contribution in [0.15, 0.2) is 23.1 Å². The van der Waals surface area contributed by atoms with Crippen LogP contribution in [0.25, 0.3) is 11.5 Å². The standard InChI is InChI=1S/C7H5FN4O/c8-4-1-2-5(9-3-4)6-10-7(13)12-11-6/h1-3H,(H2,10,11,12,13). The molecule has 0 bridgehead atoms. The molecule has 13 heavy (non-hydrogen) atoms. The minimum absolute atomic E-state index is 0.296. The van der Waals surface area contributed by atoms with Gasteiger partial charge in [-0.3, -0.25) is 4.98 Å². The molecule has 2 rings (SSSR count). The second kappa shape index (κ2) is 2.81. The van der Waals surface area contributed by atoms with E-state index in [9.17, 15) is 9.18 Å². The van der Waals surface area contributed by atoms with Gasteiger partial charge in [-0.05, 0) is 12.1 Å². The van der Waals surface area contributed by atoms with Crippen molar-refractivity contribution in [3.63, 3.8) is 0 Å². The highest BCUT2D eigenvalue weighted by Crippen LogP contribution is 2.08. The van der Waals surface area contributed by atoms with Gasteiger partial charge in [-0.1, -0.05) is 0 Å². The molecule has 0 saturated heterocycles. The largest absolute Gasteiger partial charge is 0.340 e. The van der Waals surface area contributed by atoms with Crippen molar-refractivity contribution in [2.45, 2.75) is 0 Å². The molecule has 2 aromatic rings. The Hall–Kier alpha value is -1.98. The molecule has 2 aromatic heterocycles. The molecular weight excluding hydrogens is 175 g/mol. The van der Waals surface area contributed by atoms with Crippen LogP contribution in [0.4, 0.5) is 4.39 Å². The van der Waals surface area contributed by atoms with Gasteiger partial charge in [0.2, 0.25) is 0 Å². The van der Waals surface area contributed by atoms with E-state index in [2.05, 4.69) is 20.2 Å². The van der Waals surface area contributed by atoms with Gasteiger partial charge in [0, 0.05) is 0 Å². The van der Waals surface area contributed by atoms with Crippen LogP contribution in [0.1, 0.15) is 0 Å². The van der Waals surface area contributed by atoms with Crippen molar-refractivity contribution in [1.82, 2.24) is 20.2 Å². The van der Waals surface area contributed by atoms with Crippen molar-refractivity contribution in [1.29, 1.82) is 0 Å². The maximum absolute atomic E-state index is 12.4. The highest BCUT2D eigenvalue weighted by atomic mass is 19.1. The third-order valence-corrected chi connectivity index (χ3v) is 1.47. The molecule has 0 aliphatic heterocycles. The molecular formula is C7H5FN4O. The van der Waals surface area contributed by atoms with E-state index in [1.807, 2.05) is 0 Å². The second-order valence-corrected chi connectivity index (χ2v) is 2.39. The van der Waals surface area contributed by atoms with Crippen molar-refractivity contribution in [3.05, 3.63) is 34.6 Å². The molecule has 66 valence electrons. The van der Waals surface area contributed by atoms with E-state index in [1.165, 1.54) is 12.1 Å². The average molecular weight is 180 g/mol. The highest BCUT2D eigenvalue weighted by Gasteiger charge is 2.02. The Morgan fingerprint density at radius 1 is 1.38 bits per heavy atom. The quantitative estimate of drug-likeness (QED) is 0.662. The molecule has 0 fully saturated rings. The Morgan fingerprint density at radius 3 is 2.77 bits per heavy atom. The summed E-state index contributed by atoms with van der Waals surface area (Å²) in [5.41, 5.74) is 0.000810. The third kappa shape index (κ3) is 1.46. The van der Waals surface area contributed by atoms with Gasteiger partial charge in [0.25, 0.3) is 0 Å². The Labute approximate surface area is 71.7 Å². The smallest absolute Gasteiger partial charge is 0.288 e. The molecule has 0 aliphatic rings. The van der Waals surface area contributed by atoms with Gasteiger partial charge in [-0.25, -0.2) is 19.3 Å². The number of aromatic amines is 2. The predicted molar refractivity (Wildman–Crippen MR) is 42.4 cm³/mol. The SMILES string of the molecule is O=c1[nH]nc(-c2ccc(F)cn2)[nH]1. The molecule has 0 aliphatic carbocycles. The maximum Gasteiger partial charge on any atom is 0.340 e. The number of nitrogens with zero attached hydrogens (tertiary/aromatic N) is 2. The van der Waals surface area contributed by atoms with Crippen molar-refractivity contribution in [2.24, 2.45) is 0 Å². The molecule has 5 nitrogen and oxygen atoms in total. The van der Waals surface area contributed by atoms with Gasteiger partial charge in [-0.2, -0.15) is 5.10 Å². The zero-order valence-corrected chi connectivity index (χ0v) is 6.41. The van der Waals surface area contributed by atoms with Crippen LogP contribution in [0.3, 0.4) is 0 Å². The van der Waals surface area contributed by atoms with Crippen molar-refractivity contribution in [3.8, 4) is 11.5 Å². The van der Waals surface area contributed by atoms with Crippen LogP contribution >= 0.6 is 0 Å². The fraction of sp³-hybridized carbons (Fsp3) is 0. The Morgan fingerprint density at radius 2 is 2.23 bits per heavy atom. The minimum atomic E-state index is -0.429. The lowest BCUT2D eigenvalue weighted by atomic mass is 10.3. The summed E-state index contributed by atoms with van der Waals surface area (Å²) in [5.74, 6) is -0.133. The van der Waals surface area contributed by atoms with E-state index in [1.54, 1.807) is 0 Å². The molecule has 0 amide bonds. The molecule has 0 unspecified atom stereocenters. The lowest BCUT2D eigenvalue weighted by molar-refractivity contribution is 0.621. The second-order valence-electron chi connectivity index (χ2n) is 2.39. The van der Waals surface area contributed by atoms with Gasteiger partial charge in [0.15, 0.2) is 5.82 Å². The minimum Gasteiger partial charge on any atom is -0.288 e. The zero-order chi connectivity index (χ0) is 9.26. The fourth-order valence-electron chi connectivity index (χ4n) is 0.907. The predicted octanol–water partition coefficient (Wildman–Crippen LogP) is 0.299. The molecule has 6 heteroatoms. The summed E-state index contributed by atoms with van der Waals surface area (Å²) in [6.07, 6.45) is 1.06. The van der Waals surface area contributed by atoms with E-state index in [0.717, 1.165) is 6.20 Å². The summed E-state index contributed by atoms with van der Waals surface area (Å²) >= 11 is 0. The summed E-state index contributed by atoms with van der Waals surface area (Å²) in [5, 5.41) is 5.82. The van der Waals surface area contributed by atoms with Crippen LogP contribution in [-0.2, 0) is 0 Å². The van der Waals surface area contributed by atoms with E-state index >= 15 is 0 Å². The van der Waals surface area contributed by atoms with Gasteiger partial charge in [0.05, 0.1) is 6.20 Å². The lowest BCUT2D eigenvalue weighted by Gasteiger charge is -1.92. The third-order valence-electron chi connectivity index (χ3n) is 1.47. The molecule has 2 N–H and O–H groups in total. The van der Waals surface area contributed by atoms with Crippen LogP contribution in [0.2, 0.25) is 0 Å².